The molecule has 2 heteroatoms. The average Bonchev–Trinajstić information content (AvgIpc) is 2.67. The summed E-state index contributed by atoms with van der Waals surface area (Å²) >= 11 is 0. The summed E-state index contributed by atoms with van der Waals surface area (Å²) in [4.78, 5) is 0. The quantitative estimate of drug-likeness (QED) is 0.610. The summed E-state index contributed by atoms with van der Waals surface area (Å²) in [6.45, 7) is 15.5. The van der Waals surface area contributed by atoms with E-state index >= 15 is 0 Å². The molecule has 0 saturated heterocycles. The van der Waals surface area contributed by atoms with E-state index in [9.17, 15) is 0 Å². The molecule has 0 aromatic heterocycles. The van der Waals surface area contributed by atoms with Gasteiger partial charge in [-0.3, -0.25) is 0 Å². The lowest BCUT2D eigenvalue weighted by molar-refractivity contribution is 0.239. The van der Waals surface area contributed by atoms with Gasteiger partial charge in [-0.05, 0) is 35.2 Å². The average molecular weight is 252 g/mol. The van der Waals surface area contributed by atoms with Crippen LogP contribution in [0, 0.1) is 5.92 Å². The Morgan fingerprint density at radius 2 is 1.82 bits per heavy atom. The summed E-state index contributed by atoms with van der Waals surface area (Å²) in [6, 6.07) is 3.69. The molecule has 0 amide bonds. The molecular formula is C15H28OSi. The van der Waals surface area contributed by atoms with Gasteiger partial charge in [-0.25, -0.2) is 0 Å². The largest absolute Gasteiger partial charge is 0.410 e. The van der Waals surface area contributed by atoms with Crippen molar-refractivity contribution in [2.75, 3.05) is 0 Å². The normalized spacial score (nSPS) is 21.2. The second-order valence-corrected chi connectivity index (χ2v) is 10.2. The lowest BCUT2D eigenvalue weighted by atomic mass is 10.00. The first-order valence-electron chi connectivity index (χ1n) is 7.05. The first kappa shape index (κ1) is 14.7. The van der Waals surface area contributed by atoms with Crippen LogP contribution in [0.2, 0.25) is 18.1 Å². The van der Waals surface area contributed by atoms with Gasteiger partial charge in [0.15, 0.2) is 8.32 Å². The van der Waals surface area contributed by atoms with Crippen molar-refractivity contribution in [1.82, 2.24) is 0 Å². The number of hydrogen-bond acceptors (Lipinski definition) is 1. The van der Waals surface area contributed by atoms with Crippen molar-refractivity contribution in [2.24, 2.45) is 5.92 Å². The first-order valence-corrected chi connectivity index (χ1v) is 9.58. The molecule has 0 unspecified atom stereocenters. The van der Waals surface area contributed by atoms with E-state index in [2.05, 4.69) is 47.3 Å². The molecule has 98 valence electrons. The monoisotopic (exact) mass is 252 g/mol. The molecule has 0 radical (unpaired) electrons. The van der Waals surface area contributed by atoms with E-state index in [-0.39, 0.29) is 0 Å². The smallest absolute Gasteiger partial charge is 0.192 e. The molecule has 0 N–H and O–H groups in total. The zero-order valence-corrected chi connectivity index (χ0v) is 13.2. The van der Waals surface area contributed by atoms with Gasteiger partial charge in [0, 0.05) is 6.42 Å². The van der Waals surface area contributed by atoms with Gasteiger partial charge in [-0.15, -0.1) is 0 Å². The van der Waals surface area contributed by atoms with Gasteiger partial charge in [0.05, 0.1) is 6.10 Å². The van der Waals surface area contributed by atoms with E-state index in [4.69, 9.17) is 4.43 Å². The Balaban J connectivity index is 2.74. The van der Waals surface area contributed by atoms with E-state index in [1.807, 2.05) is 0 Å². The van der Waals surface area contributed by atoms with Gasteiger partial charge in [-0.2, -0.15) is 0 Å². The minimum Gasteiger partial charge on any atom is -0.410 e. The van der Waals surface area contributed by atoms with Crippen molar-refractivity contribution >= 4 is 8.32 Å². The minimum atomic E-state index is -1.46. The Bertz CT molecular complexity index is 292. The van der Waals surface area contributed by atoms with E-state index in [0.717, 1.165) is 6.42 Å². The summed E-state index contributed by atoms with van der Waals surface area (Å²) in [6.07, 6.45) is 3.66. The summed E-state index contributed by atoms with van der Waals surface area (Å²) in [5.41, 5.74) is 2.71. The highest BCUT2D eigenvalue weighted by Crippen LogP contribution is 2.34. The summed E-state index contributed by atoms with van der Waals surface area (Å²) in [5, 5.41) is 0. The second-order valence-electron chi connectivity index (χ2n) is 5.48. The third-order valence-corrected chi connectivity index (χ3v) is 8.85. The van der Waals surface area contributed by atoms with Crippen molar-refractivity contribution in [2.45, 2.75) is 65.3 Å². The van der Waals surface area contributed by atoms with Gasteiger partial charge in [0.1, 0.15) is 0 Å². The van der Waals surface area contributed by atoms with Crippen LogP contribution in [0.3, 0.4) is 0 Å². The fourth-order valence-corrected chi connectivity index (χ4v) is 5.53. The second kappa shape index (κ2) is 6.01. The molecule has 0 aromatic carbocycles. The molecule has 0 aliphatic heterocycles. The molecule has 0 saturated carbocycles. The maximum atomic E-state index is 6.50. The zero-order valence-electron chi connectivity index (χ0n) is 12.2. The number of hydrogen-bond donors (Lipinski definition) is 0. The highest BCUT2D eigenvalue weighted by atomic mass is 28.4. The van der Waals surface area contributed by atoms with Crippen LogP contribution in [0.4, 0.5) is 0 Å². The number of allylic oxidation sites excluding steroid dienone is 1. The molecule has 0 bridgehead atoms. The van der Waals surface area contributed by atoms with Crippen molar-refractivity contribution < 1.29 is 4.43 Å². The van der Waals surface area contributed by atoms with Crippen molar-refractivity contribution in [3.05, 3.63) is 23.8 Å². The number of rotatable bonds is 6. The Labute approximate surface area is 108 Å². The lowest BCUT2D eigenvalue weighted by Gasteiger charge is -2.31. The third kappa shape index (κ3) is 3.32. The highest BCUT2D eigenvalue weighted by molar-refractivity contribution is 6.73. The van der Waals surface area contributed by atoms with Crippen LogP contribution in [-0.4, -0.2) is 14.4 Å². The van der Waals surface area contributed by atoms with E-state index in [1.54, 1.807) is 0 Å². The van der Waals surface area contributed by atoms with Gasteiger partial charge >= 0.3 is 0 Å². The van der Waals surface area contributed by atoms with Gasteiger partial charge in [0.2, 0.25) is 0 Å². The van der Waals surface area contributed by atoms with Crippen LogP contribution < -0.4 is 0 Å². The highest BCUT2D eigenvalue weighted by Gasteiger charge is 2.33. The standard InChI is InChI=1S/C15H28OSi/c1-7-17(8-2,9-3)16-14-10-13(6)15(11-14)12(4)5/h11-12,14H,6-10H2,1-5H3/t14-/m0/s1. The van der Waals surface area contributed by atoms with Crippen LogP contribution in [-0.2, 0) is 4.43 Å². The van der Waals surface area contributed by atoms with E-state index in [0.29, 0.717) is 12.0 Å². The fourth-order valence-electron chi connectivity index (χ4n) is 2.74. The van der Waals surface area contributed by atoms with E-state index < -0.39 is 8.32 Å². The zero-order chi connectivity index (χ0) is 13.1. The van der Waals surface area contributed by atoms with Crippen LogP contribution in [0.25, 0.3) is 0 Å². The van der Waals surface area contributed by atoms with Gasteiger partial charge in [0.25, 0.3) is 0 Å². The maximum absolute atomic E-state index is 6.50. The Morgan fingerprint density at radius 1 is 1.29 bits per heavy atom. The van der Waals surface area contributed by atoms with Gasteiger partial charge < -0.3 is 4.43 Å². The van der Waals surface area contributed by atoms with E-state index in [1.165, 1.54) is 29.3 Å². The predicted octanol–water partition coefficient (Wildman–Crippen LogP) is 4.92. The molecule has 1 aliphatic rings. The van der Waals surface area contributed by atoms with Crippen LogP contribution >= 0.6 is 0 Å². The van der Waals surface area contributed by atoms with Crippen LogP contribution in [0.5, 0.6) is 0 Å². The molecular weight excluding hydrogens is 224 g/mol. The Hall–Kier alpha value is -0.343. The molecule has 0 aromatic rings. The van der Waals surface area contributed by atoms with Crippen molar-refractivity contribution in [3.8, 4) is 0 Å². The topological polar surface area (TPSA) is 9.23 Å². The molecule has 0 heterocycles. The SMILES string of the molecule is C=C1C[C@H](O[Si](CC)(CC)CC)C=C1C(C)C. The first-order chi connectivity index (χ1) is 7.98. The molecule has 1 atom stereocenters. The Morgan fingerprint density at radius 3 is 2.18 bits per heavy atom. The molecule has 0 spiro atoms. The molecule has 0 fully saturated rings. The van der Waals surface area contributed by atoms with Crippen molar-refractivity contribution in [3.63, 3.8) is 0 Å². The minimum absolute atomic E-state index is 0.311. The summed E-state index contributed by atoms with van der Waals surface area (Å²) in [5.74, 6) is 0.581. The fraction of sp³-hybridized carbons (Fsp3) is 0.733. The Kier molecular flexibility index (Phi) is 5.20. The summed E-state index contributed by atoms with van der Waals surface area (Å²) in [7, 11) is -1.46. The summed E-state index contributed by atoms with van der Waals surface area (Å²) < 4.78 is 6.50. The molecule has 1 aliphatic carbocycles. The van der Waals surface area contributed by atoms with Crippen LogP contribution in [0.15, 0.2) is 23.8 Å². The van der Waals surface area contributed by atoms with Crippen molar-refractivity contribution in [1.29, 1.82) is 0 Å². The predicted molar refractivity (Wildman–Crippen MR) is 78.7 cm³/mol. The third-order valence-electron chi connectivity index (χ3n) is 4.18. The van der Waals surface area contributed by atoms with Gasteiger partial charge in [-0.1, -0.05) is 47.3 Å². The molecule has 17 heavy (non-hydrogen) atoms. The lowest BCUT2D eigenvalue weighted by Crippen LogP contribution is -2.38. The molecule has 1 nitrogen and oxygen atoms in total. The maximum Gasteiger partial charge on any atom is 0.192 e. The molecule has 1 rings (SSSR count). The van der Waals surface area contributed by atoms with Crippen LogP contribution in [0.1, 0.15) is 41.0 Å².